The predicted molar refractivity (Wildman–Crippen MR) is 54.5 cm³/mol. The Balaban J connectivity index is 2.52. The van der Waals surface area contributed by atoms with Gasteiger partial charge in [0.2, 0.25) is 5.95 Å². The molecule has 0 saturated carbocycles. The standard InChI is InChI=1S/C9H9N3S/c1-6-4-2-3-5-7(6)8-11-9(10)12-13-8/h2-5H,1H3,(H2,10,12). The molecule has 0 aliphatic rings. The van der Waals surface area contributed by atoms with E-state index in [1.165, 1.54) is 17.1 Å². The van der Waals surface area contributed by atoms with Gasteiger partial charge in [-0.3, -0.25) is 0 Å². The van der Waals surface area contributed by atoms with Gasteiger partial charge < -0.3 is 5.73 Å². The maximum atomic E-state index is 5.45. The Bertz CT molecular complexity index is 422. The van der Waals surface area contributed by atoms with Crippen LogP contribution in [-0.2, 0) is 0 Å². The van der Waals surface area contributed by atoms with Crippen LogP contribution in [-0.4, -0.2) is 9.36 Å². The van der Waals surface area contributed by atoms with E-state index in [2.05, 4.69) is 9.36 Å². The molecule has 0 unspecified atom stereocenters. The molecule has 0 spiro atoms. The van der Waals surface area contributed by atoms with Crippen molar-refractivity contribution in [3.05, 3.63) is 29.8 Å². The highest BCUT2D eigenvalue weighted by atomic mass is 32.1. The summed E-state index contributed by atoms with van der Waals surface area (Å²) in [6.45, 7) is 2.05. The summed E-state index contributed by atoms with van der Waals surface area (Å²) >= 11 is 1.33. The molecule has 0 saturated heterocycles. The van der Waals surface area contributed by atoms with Crippen LogP contribution in [0.4, 0.5) is 5.95 Å². The second kappa shape index (κ2) is 3.14. The molecule has 0 radical (unpaired) electrons. The highest BCUT2D eigenvalue weighted by molar-refractivity contribution is 7.09. The summed E-state index contributed by atoms with van der Waals surface area (Å²) in [4.78, 5) is 4.13. The van der Waals surface area contributed by atoms with Crippen LogP contribution in [0.15, 0.2) is 24.3 Å². The van der Waals surface area contributed by atoms with Crippen LogP contribution in [0, 0.1) is 6.92 Å². The van der Waals surface area contributed by atoms with Gasteiger partial charge in [0.25, 0.3) is 0 Å². The van der Waals surface area contributed by atoms with Gasteiger partial charge >= 0.3 is 0 Å². The number of aromatic nitrogens is 2. The minimum atomic E-state index is 0.350. The molecule has 13 heavy (non-hydrogen) atoms. The number of nitrogen functional groups attached to an aromatic ring is 1. The monoisotopic (exact) mass is 191 g/mol. The largest absolute Gasteiger partial charge is 0.367 e. The zero-order valence-corrected chi connectivity index (χ0v) is 8.01. The molecule has 2 N–H and O–H groups in total. The van der Waals surface area contributed by atoms with Crippen LogP contribution < -0.4 is 5.73 Å². The molecule has 0 bridgehead atoms. The average Bonchev–Trinajstić information content (AvgIpc) is 2.53. The molecule has 0 amide bonds. The van der Waals surface area contributed by atoms with Crippen molar-refractivity contribution in [1.82, 2.24) is 9.36 Å². The highest BCUT2D eigenvalue weighted by Gasteiger charge is 2.05. The Labute approximate surface area is 80.4 Å². The smallest absolute Gasteiger partial charge is 0.232 e. The molecule has 66 valence electrons. The molecule has 2 aromatic rings. The van der Waals surface area contributed by atoms with Gasteiger partial charge in [0.15, 0.2) is 0 Å². The van der Waals surface area contributed by atoms with E-state index >= 15 is 0 Å². The predicted octanol–water partition coefficient (Wildman–Crippen LogP) is 2.10. The summed E-state index contributed by atoms with van der Waals surface area (Å²) in [6, 6.07) is 8.06. The molecule has 0 aliphatic heterocycles. The van der Waals surface area contributed by atoms with E-state index < -0.39 is 0 Å². The van der Waals surface area contributed by atoms with Crippen molar-refractivity contribution < 1.29 is 0 Å². The zero-order chi connectivity index (χ0) is 9.26. The second-order valence-electron chi connectivity index (χ2n) is 2.77. The number of nitrogens with two attached hydrogens (primary N) is 1. The van der Waals surface area contributed by atoms with Crippen LogP contribution in [0.2, 0.25) is 0 Å². The van der Waals surface area contributed by atoms with Gasteiger partial charge in [-0.05, 0) is 24.0 Å². The zero-order valence-electron chi connectivity index (χ0n) is 7.19. The third kappa shape index (κ3) is 1.53. The van der Waals surface area contributed by atoms with Gasteiger partial charge in [-0.2, -0.15) is 9.36 Å². The Morgan fingerprint density at radius 3 is 2.69 bits per heavy atom. The molecule has 2 rings (SSSR count). The minimum Gasteiger partial charge on any atom is -0.367 e. The quantitative estimate of drug-likeness (QED) is 0.751. The van der Waals surface area contributed by atoms with E-state index in [1.54, 1.807) is 0 Å². The Morgan fingerprint density at radius 2 is 2.08 bits per heavy atom. The van der Waals surface area contributed by atoms with Crippen LogP contribution in [0.5, 0.6) is 0 Å². The second-order valence-corrected chi connectivity index (χ2v) is 3.52. The van der Waals surface area contributed by atoms with Gasteiger partial charge in [-0.25, -0.2) is 0 Å². The Kier molecular flexibility index (Phi) is 1.98. The first-order valence-corrected chi connectivity index (χ1v) is 4.70. The lowest BCUT2D eigenvalue weighted by atomic mass is 10.1. The SMILES string of the molecule is Cc1ccccc1-c1nc(N)ns1. The minimum absolute atomic E-state index is 0.350. The van der Waals surface area contributed by atoms with Crippen LogP contribution in [0.1, 0.15) is 5.56 Å². The molecular weight excluding hydrogens is 182 g/mol. The first kappa shape index (κ1) is 8.19. The summed E-state index contributed by atoms with van der Waals surface area (Å²) in [7, 11) is 0. The fourth-order valence-electron chi connectivity index (χ4n) is 1.16. The lowest BCUT2D eigenvalue weighted by Gasteiger charge is -1.98. The first-order chi connectivity index (χ1) is 6.27. The van der Waals surface area contributed by atoms with Crippen molar-refractivity contribution in [2.24, 2.45) is 0 Å². The molecule has 4 heteroatoms. The number of nitrogens with zero attached hydrogens (tertiary/aromatic N) is 2. The fourth-order valence-corrected chi connectivity index (χ4v) is 1.84. The Hall–Kier alpha value is -1.42. The summed E-state index contributed by atoms with van der Waals surface area (Å²) in [5.41, 5.74) is 7.76. The number of hydrogen-bond donors (Lipinski definition) is 1. The topological polar surface area (TPSA) is 51.8 Å². The van der Waals surface area contributed by atoms with Crippen molar-refractivity contribution in [3.8, 4) is 10.6 Å². The number of hydrogen-bond acceptors (Lipinski definition) is 4. The lowest BCUT2D eigenvalue weighted by molar-refractivity contribution is 1.33. The van der Waals surface area contributed by atoms with E-state index in [9.17, 15) is 0 Å². The normalized spacial score (nSPS) is 10.2. The molecule has 0 aliphatic carbocycles. The summed E-state index contributed by atoms with van der Waals surface area (Å²) < 4.78 is 3.94. The van der Waals surface area contributed by atoms with E-state index in [0.29, 0.717) is 5.95 Å². The molecule has 3 nitrogen and oxygen atoms in total. The number of anilines is 1. The summed E-state index contributed by atoms with van der Waals surface area (Å²) in [6.07, 6.45) is 0. The molecule has 1 aromatic carbocycles. The average molecular weight is 191 g/mol. The van der Waals surface area contributed by atoms with Crippen molar-refractivity contribution >= 4 is 17.5 Å². The molecule has 1 heterocycles. The van der Waals surface area contributed by atoms with Gasteiger partial charge in [0.05, 0.1) is 0 Å². The van der Waals surface area contributed by atoms with Gasteiger partial charge in [-0.15, -0.1) is 0 Å². The van der Waals surface area contributed by atoms with Gasteiger partial charge in [-0.1, -0.05) is 24.3 Å². The molecule has 0 fully saturated rings. The number of aryl methyl sites for hydroxylation is 1. The Morgan fingerprint density at radius 1 is 1.31 bits per heavy atom. The van der Waals surface area contributed by atoms with Crippen molar-refractivity contribution in [2.45, 2.75) is 6.92 Å². The number of benzene rings is 1. The third-order valence-electron chi connectivity index (χ3n) is 1.82. The van der Waals surface area contributed by atoms with E-state index in [1.807, 2.05) is 31.2 Å². The number of rotatable bonds is 1. The van der Waals surface area contributed by atoms with E-state index in [4.69, 9.17) is 5.73 Å². The van der Waals surface area contributed by atoms with E-state index in [-0.39, 0.29) is 0 Å². The summed E-state index contributed by atoms with van der Waals surface area (Å²) in [5.74, 6) is 0.350. The van der Waals surface area contributed by atoms with Crippen molar-refractivity contribution in [3.63, 3.8) is 0 Å². The lowest BCUT2D eigenvalue weighted by Crippen LogP contribution is -1.86. The fraction of sp³-hybridized carbons (Fsp3) is 0.111. The van der Waals surface area contributed by atoms with Crippen molar-refractivity contribution in [1.29, 1.82) is 0 Å². The highest BCUT2D eigenvalue weighted by Crippen LogP contribution is 2.24. The first-order valence-electron chi connectivity index (χ1n) is 3.92. The maximum absolute atomic E-state index is 5.45. The molecule has 1 aromatic heterocycles. The van der Waals surface area contributed by atoms with Gasteiger partial charge in [0, 0.05) is 5.56 Å². The van der Waals surface area contributed by atoms with Crippen molar-refractivity contribution in [2.75, 3.05) is 5.73 Å². The maximum Gasteiger partial charge on any atom is 0.232 e. The molecular formula is C9H9N3S. The summed E-state index contributed by atoms with van der Waals surface area (Å²) in [5, 5.41) is 0.885. The van der Waals surface area contributed by atoms with Gasteiger partial charge in [0.1, 0.15) is 5.01 Å². The van der Waals surface area contributed by atoms with Crippen LogP contribution >= 0.6 is 11.5 Å². The van der Waals surface area contributed by atoms with E-state index in [0.717, 1.165) is 10.6 Å². The van der Waals surface area contributed by atoms with Crippen LogP contribution in [0.3, 0.4) is 0 Å². The van der Waals surface area contributed by atoms with Crippen LogP contribution in [0.25, 0.3) is 10.6 Å². The molecule has 0 atom stereocenters. The third-order valence-corrected chi connectivity index (χ3v) is 2.58.